The van der Waals surface area contributed by atoms with Crippen LogP contribution in [0.5, 0.6) is 0 Å². The van der Waals surface area contributed by atoms with Crippen molar-refractivity contribution in [3.8, 4) is 5.69 Å². The average molecular weight is 404 g/mol. The summed E-state index contributed by atoms with van der Waals surface area (Å²) in [5, 5.41) is 14.3. The molecule has 1 aliphatic heterocycles. The number of hydrogen-bond acceptors (Lipinski definition) is 7. The molecule has 1 amide bonds. The third kappa shape index (κ3) is 4.10. The molecule has 0 atom stereocenters. The molecule has 0 unspecified atom stereocenters. The zero-order chi connectivity index (χ0) is 18.6. The molecule has 3 aromatic rings. The van der Waals surface area contributed by atoms with E-state index in [1.54, 1.807) is 29.2 Å². The van der Waals surface area contributed by atoms with Gasteiger partial charge in [-0.25, -0.2) is 9.67 Å². The first-order chi connectivity index (χ1) is 13.2. The third-order valence-corrected chi connectivity index (χ3v) is 5.49. The molecular formula is C17H18ClN7OS. The maximum absolute atomic E-state index is 12.2. The van der Waals surface area contributed by atoms with E-state index in [4.69, 9.17) is 11.6 Å². The quantitative estimate of drug-likeness (QED) is 0.674. The van der Waals surface area contributed by atoms with Crippen LogP contribution < -0.4 is 15.5 Å². The zero-order valence-corrected chi connectivity index (χ0v) is 16.0. The van der Waals surface area contributed by atoms with Crippen LogP contribution in [0.3, 0.4) is 0 Å². The normalized spacial score (nSPS) is 14.3. The lowest BCUT2D eigenvalue weighted by atomic mass is 10.3. The fourth-order valence-electron chi connectivity index (χ4n) is 2.87. The van der Waals surface area contributed by atoms with Gasteiger partial charge in [0.05, 0.1) is 39.5 Å². The van der Waals surface area contributed by atoms with Crippen LogP contribution in [0.4, 0.5) is 5.82 Å². The number of aromatic nitrogens is 4. The molecule has 0 spiro atoms. The number of piperazine rings is 1. The van der Waals surface area contributed by atoms with Crippen molar-refractivity contribution in [1.82, 2.24) is 30.6 Å². The Morgan fingerprint density at radius 3 is 2.78 bits per heavy atom. The van der Waals surface area contributed by atoms with Crippen molar-refractivity contribution in [3.05, 3.63) is 51.6 Å². The number of halogens is 1. The number of nitrogens with one attached hydrogen (secondary N) is 2. The van der Waals surface area contributed by atoms with Crippen molar-refractivity contribution >= 4 is 34.7 Å². The highest BCUT2D eigenvalue weighted by Gasteiger charge is 2.14. The number of pyridine rings is 1. The highest BCUT2D eigenvalue weighted by atomic mass is 35.5. The molecule has 8 nitrogen and oxygen atoms in total. The fraction of sp³-hybridized carbons (Fsp3) is 0.294. The first-order valence-corrected chi connectivity index (χ1v) is 9.75. The highest BCUT2D eigenvalue weighted by molar-refractivity contribution is 7.17. The van der Waals surface area contributed by atoms with E-state index < -0.39 is 0 Å². The van der Waals surface area contributed by atoms with Gasteiger partial charge in [-0.05, 0) is 24.3 Å². The van der Waals surface area contributed by atoms with Gasteiger partial charge in [-0.1, -0.05) is 16.8 Å². The number of anilines is 1. The number of rotatable bonds is 5. The van der Waals surface area contributed by atoms with Gasteiger partial charge in [0.25, 0.3) is 5.91 Å². The Morgan fingerprint density at radius 2 is 2.07 bits per heavy atom. The molecule has 0 saturated carbocycles. The molecule has 0 aromatic carbocycles. The van der Waals surface area contributed by atoms with Gasteiger partial charge in [0.1, 0.15) is 5.82 Å². The minimum atomic E-state index is -0.174. The first kappa shape index (κ1) is 17.9. The molecule has 0 radical (unpaired) electrons. The minimum absolute atomic E-state index is 0.174. The molecule has 0 aliphatic carbocycles. The smallest absolute Gasteiger partial charge is 0.261 e. The van der Waals surface area contributed by atoms with Gasteiger partial charge in [-0.2, -0.15) is 0 Å². The molecule has 1 aliphatic rings. The van der Waals surface area contributed by atoms with E-state index in [-0.39, 0.29) is 5.91 Å². The van der Waals surface area contributed by atoms with Crippen molar-refractivity contribution in [2.75, 3.05) is 31.1 Å². The molecule has 1 fully saturated rings. The van der Waals surface area contributed by atoms with Gasteiger partial charge < -0.3 is 15.5 Å². The second-order valence-corrected chi connectivity index (χ2v) is 7.75. The van der Waals surface area contributed by atoms with Gasteiger partial charge in [0.15, 0.2) is 0 Å². The summed E-state index contributed by atoms with van der Waals surface area (Å²) >= 11 is 7.12. The summed E-state index contributed by atoms with van der Waals surface area (Å²) in [4.78, 5) is 19.6. The topological polar surface area (TPSA) is 88.0 Å². The van der Waals surface area contributed by atoms with Crippen LogP contribution in [0.1, 0.15) is 15.4 Å². The molecule has 140 valence electrons. The Kier molecular flexibility index (Phi) is 5.33. The van der Waals surface area contributed by atoms with Crippen LogP contribution in [0.15, 0.2) is 36.7 Å². The average Bonchev–Trinajstić information content (AvgIpc) is 3.36. The Bertz CT molecular complexity index is 918. The number of thiophene rings is 1. The van der Waals surface area contributed by atoms with E-state index in [1.807, 2.05) is 12.1 Å². The predicted octanol–water partition coefficient (Wildman–Crippen LogP) is 1.72. The molecule has 2 N–H and O–H groups in total. The number of carbonyl (C=O) groups is 1. The number of amides is 1. The molecule has 27 heavy (non-hydrogen) atoms. The summed E-state index contributed by atoms with van der Waals surface area (Å²) in [7, 11) is 0. The summed E-state index contributed by atoms with van der Waals surface area (Å²) in [6, 6.07) is 7.36. The SMILES string of the molecule is O=C(NCc1cnnn1-c1ccc(N2CCNCC2)nc1)c1ccc(Cl)s1. The largest absolute Gasteiger partial charge is 0.354 e. The lowest BCUT2D eigenvalue weighted by Crippen LogP contribution is -2.43. The number of carbonyl (C=O) groups excluding carboxylic acids is 1. The van der Waals surface area contributed by atoms with Crippen molar-refractivity contribution in [2.24, 2.45) is 0 Å². The van der Waals surface area contributed by atoms with E-state index in [9.17, 15) is 4.79 Å². The predicted molar refractivity (Wildman–Crippen MR) is 105 cm³/mol. The van der Waals surface area contributed by atoms with E-state index in [0.29, 0.717) is 15.8 Å². The first-order valence-electron chi connectivity index (χ1n) is 8.56. The Hall–Kier alpha value is -2.49. The number of nitrogens with zero attached hydrogens (tertiary/aromatic N) is 5. The van der Waals surface area contributed by atoms with E-state index in [2.05, 4.69) is 30.8 Å². The Morgan fingerprint density at radius 1 is 1.22 bits per heavy atom. The summed E-state index contributed by atoms with van der Waals surface area (Å²) in [6.45, 7) is 4.12. The molecule has 1 saturated heterocycles. The molecule has 10 heteroatoms. The second kappa shape index (κ2) is 8.03. The van der Waals surface area contributed by atoms with Crippen molar-refractivity contribution in [2.45, 2.75) is 6.54 Å². The van der Waals surface area contributed by atoms with Crippen LogP contribution in [0, 0.1) is 0 Å². The molecule has 4 heterocycles. The van der Waals surface area contributed by atoms with Crippen LogP contribution >= 0.6 is 22.9 Å². The monoisotopic (exact) mass is 403 g/mol. The van der Waals surface area contributed by atoms with Crippen LogP contribution in [-0.4, -0.2) is 52.1 Å². The highest BCUT2D eigenvalue weighted by Crippen LogP contribution is 2.21. The summed E-state index contributed by atoms with van der Waals surface area (Å²) in [6.07, 6.45) is 3.41. The van der Waals surface area contributed by atoms with Crippen LogP contribution in [0.2, 0.25) is 4.34 Å². The van der Waals surface area contributed by atoms with Gasteiger partial charge in [0.2, 0.25) is 0 Å². The zero-order valence-electron chi connectivity index (χ0n) is 14.4. The lowest BCUT2D eigenvalue weighted by molar-refractivity contribution is 0.0954. The minimum Gasteiger partial charge on any atom is -0.354 e. The number of hydrogen-bond donors (Lipinski definition) is 2. The molecular weight excluding hydrogens is 386 g/mol. The van der Waals surface area contributed by atoms with Crippen molar-refractivity contribution in [1.29, 1.82) is 0 Å². The molecule has 0 bridgehead atoms. The van der Waals surface area contributed by atoms with E-state index >= 15 is 0 Å². The lowest BCUT2D eigenvalue weighted by Gasteiger charge is -2.28. The maximum Gasteiger partial charge on any atom is 0.261 e. The maximum atomic E-state index is 12.2. The Labute approximate surface area is 165 Å². The second-order valence-electron chi connectivity index (χ2n) is 6.04. The summed E-state index contributed by atoms with van der Waals surface area (Å²) in [5.74, 6) is 0.775. The van der Waals surface area contributed by atoms with Crippen molar-refractivity contribution in [3.63, 3.8) is 0 Å². The van der Waals surface area contributed by atoms with E-state index in [0.717, 1.165) is 43.4 Å². The van der Waals surface area contributed by atoms with Gasteiger partial charge >= 0.3 is 0 Å². The summed E-state index contributed by atoms with van der Waals surface area (Å²) in [5.41, 5.74) is 1.57. The molecule has 4 rings (SSSR count). The fourth-order valence-corrected chi connectivity index (χ4v) is 3.83. The standard InChI is InChI=1S/C17H18ClN7OS/c18-15-3-2-14(27-15)17(26)21-10-13-11-22-23-25(13)12-1-4-16(20-9-12)24-7-5-19-6-8-24/h1-4,9,11,19H,5-8,10H2,(H,21,26). The third-order valence-electron chi connectivity index (χ3n) is 4.26. The summed E-state index contributed by atoms with van der Waals surface area (Å²) < 4.78 is 2.26. The van der Waals surface area contributed by atoms with Crippen LogP contribution in [-0.2, 0) is 6.54 Å². The van der Waals surface area contributed by atoms with E-state index in [1.165, 1.54) is 11.3 Å². The van der Waals surface area contributed by atoms with Crippen molar-refractivity contribution < 1.29 is 4.79 Å². The van der Waals surface area contributed by atoms with Crippen LogP contribution in [0.25, 0.3) is 5.69 Å². The Balaban J connectivity index is 1.44. The van der Waals surface area contributed by atoms with Gasteiger partial charge in [-0.3, -0.25) is 4.79 Å². The van der Waals surface area contributed by atoms with Gasteiger partial charge in [-0.15, -0.1) is 16.4 Å². The van der Waals surface area contributed by atoms with Gasteiger partial charge in [0, 0.05) is 26.2 Å². The molecule has 3 aromatic heterocycles.